The molecule has 2 aromatic carbocycles. The third-order valence-electron chi connectivity index (χ3n) is 4.28. The standard InChI is InChI=1S/C21H13BrN2O5/c22-14-2-1-3-15(10-14)24-20(26)17(19(25)23-24)11-16-8-9-18(29-16)12-4-6-13(7-5-12)21(27)28/h1-11H,(H,23,25)(H,27,28)/p-1/b17-11-. The van der Waals surface area contributed by atoms with Crippen molar-refractivity contribution in [2.24, 2.45) is 0 Å². The Hall–Kier alpha value is -3.65. The number of amides is 2. The number of hydrogen-bond donors (Lipinski definition) is 1. The number of carboxylic acids is 1. The Morgan fingerprint density at radius 3 is 2.52 bits per heavy atom. The number of aromatic carboxylic acids is 1. The molecule has 0 atom stereocenters. The molecule has 29 heavy (non-hydrogen) atoms. The fraction of sp³-hybridized carbons (Fsp3) is 0. The summed E-state index contributed by atoms with van der Waals surface area (Å²) in [5.74, 6) is -1.51. The molecule has 144 valence electrons. The van der Waals surface area contributed by atoms with Crippen LogP contribution in [0.25, 0.3) is 17.4 Å². The van der Waals surface area contributed by atoms with E-state index in [-0.39, 0.29) is 11.1 Å². The highest BCUT2D eigenvalue weighted by atomic mass is 79.9. The summed E-state index contributed by atoms with van der Waals surface area (Å²) in [6.07, 6.45) is 1.37. The molecule has 1 aromatic heterocycles. The molecular weight excluding hydrogens is 440 g/mol. The molecule has 8 heteroatoms. The minimum atomic E-state index is -1.26. The zero-order valence-electron chi connectivity index (χ0n) is 14.7. The lowest BCUT2D eigenvalue weighted by molar-refractivity contribution is -0.255. The van der Waals surface area contributed by atoms with Gasteiger partial charge < -0.3 is 14.3 Å². The number of nitrogens with zero attached hydrogens (tertiary/aromatic N) is 1. The normalized spacial score (nSPS) is 15.1. The van der Waals surface area contributed by atoms with Crippen LogP contribution < -0.4 is 15.5 Å². The van der Waals surface area contributed by atoms with Gasteiger partial charge in [0, 0.05) is 10.0 Å². The lowest BCUT2D eigenvalue weighted by atomic mass is 10.1. The van der Waals surface area contributed by atoms with Crippen molar-refractivity contribution < 1.29 is 23.9 Å². The van der Waals surface area contributed by atoms with Crippen LogP contribution in [0.2, 0.25) is 0 Å². The van der Waals surface area contributed by atoms with Gasteiger partial charge in [0.1, 0.15) is 17.1 Å². The molecule has 3 aromatic rings. The van der Waals surface area contributed by atoms with Crippen LogP contribution in [0.1, 0.15) is 16.1 Å². The van der Waals surface area contributed by atoms with Crippen molar-refractivity contribution in [2.45, 2.75) is 0 Å². The van der Waals surface area contributed by atoms with E-state index in [1.165, 1.54) is 23.2 Å². The number of carbonyl (C=O) groups excluding carboxylic acids is 3. The highest BCUT2D eigenvalue weighted by molar-refractivity contribution is 9.10. The average molecular weight is 452 g/mol. The monoisotopic (exact) mass is 451 g/mol. The Bertz CT molecular complexity index is 1160. The number of nitrogens with one attached hydrogen (secondary N) is 1. The molecule has 1 fully saturated rings. The number of anilines is 1. The molecule has 0 unspecified atom stereocenters. The molecule has 1 N–H and O–H groups in total. The molecule has 0 aliphatic carbocycles. The minimum absolute atomic E-state index is 0.0572. The summed E-state index contributed by atoms with van der Waals surface area (Å²) in [7, 11) is 0. The Morgan fingerprint density at radius 1 is 1.07 bits per heavy atom. The van der Waals surface area contributed by atoms with Gasteiger partial charge in [-0.3, -0.25) is 15.0 Å². The first-order chi connectivity index (χ1) is 13.9. The van der Waals surface area contributed by atoms with Crippen LogP contribution >= 0.6 is 15.9 Å². The summed E-state index contributed by atoms with van der Waals surface area (Å²) in [4.78, 5) is 35.8. The van der Waals surface area contributed by atoms with Crippen molar-refractivity contribution in [2.75, 3.05) is 5.01 Å². The van der Waals surface area contributed by atoms with Gasteiger partial charge in [0.15, 0.2) is 0 Å². The SMILES string of the molecule is O=C1NN(c2cccc(Br)c2)C(=O)/C1=C\c1ccc(-c2ccc(C(=O)[O-])cc2)o1. The van der Waals surface area contributed by atoms with E-state index in [1.54, 1.807) is 42.5 Å². The summed E-state index contributed by atoms with van der Waals surface area (Å²) in [6, 6.07) is 16.3. The highest BCUT2D eigenvalue weighted by Gasteiger charge is 2.34. The van der Waals surface area contributed by atoms with Gasteiger partial charge in [0.05, 0.1) is 11.7 Å². The summed E-state index contributed by atoms with van der Waals surface area (Å²) in [5, 5.41) is 12.0. The van der Waals surface area contributed by atoms with Gasteiger partial charge in [0.2, 0.25) is 0 Å². The molecule has 1 saturated heterocycles. The Morgan fingerprint density at radius 2 is 1.83 bits per heavy atom. The lowest BCUT2D eigenvalue weighted by Crippen LogP contribution is -2.35. The van der Waals surface area contributed by atoms with Gasteiger partial charge in [-0.1, -0.05) is 46.3 Å². The van der Waals surface area contributed by atoms with Gasteiger partial charge in [0.25, 0.3) is 11.8 Å². The predicted octanol–water partition coefficient (Wildman–Crippen LogP) is 2.53. The van der Waals surface area contributed by atoms with Crippen molar-refractivity contribution >= 4 is 45.5 Å². The molecule has 7 nitrogen and oxygen atoms in total. The number of halogens is 1. The van der Waals surface area contributed by atoms with Crippen LogP contribution in [0, 0.1) is 0 Å². The smallest absolute Gasteiger partial charge is 0.282 e. The second-order valence-corrected chi connectivity index (χ2v) is 7.10. The third kappa shape index (κ3) is 3.70. The summed E-state index contributed by atoms with van der Waals surface area (Å²) in [5.41, 5.74) is 3.70. The zero-order chi connectivity index (χ0) is 20.5. The number of carboxylic acid groups (broad SMARTS) is 1. The first-order valence-electron chi connectivity index (χ1n) is 8.47. The number of hydrogen-bond acceptors (Lipinski definition) is 5. The number of rotatable bonds is 4. The number of hydrazine groups is 1. The highest BCUT2D eigenvalue weighted by Crippen LogP contribution is 2.27. The van der Waals surface area contributed by atoms with E-state index in [0.29, 0.717) is 22.8 Å². The van der Waals surface area contributed by atoms with Crippen LogP contribution in [0.15, 0.2) is 75.1 Å². The quantitative estimate of drug-likeness (QED) is 0.484. The van der Waals surface area contributed by atoms with E-state index < -0.39 is 17.8 Å². The van der Waals surface area contributed by atoms with Crippen molar-refractivity contribution in [1.29, 1.82) is 0 Å². The Kier molecular flexibility index (Phi) is 4.77. The fourth-order valence-electron chi connectivity index (χ4n) is 2.85. The lowest BCUT2D eigenvalue weighted by Gasteiger charge is -2.14. The van der Waals surface area contributed by atoms with E-state index in [0.717, 1.165) is 4.47 Å². The van der Waals surface area contributed by atoms with E-state index >= 15 is 0 Å². The van der Waals surface area contributed by atoms with E-state index in [1.807, 2.05) is 6.07 Å². The van der Waals surface area contributed by atoms with Gasteiger partial charge in [-0.25, -0.2) is 5.01 Å². The molecule has 2 amide bonds. The van der Waals surface area contributed by atoms with Gasteiger partial charge in [-0.2, -0.15) is 0 Å². The molecule has 2 heterocycles. The molecule has 4 rings (SSSR count). The molecular formula is C21H12BrN2O5-. The number of carbonyl (C=O) groups is 3. The number of benzene rings is 2. The third-order valence-corrected chi connectivity index (χ3v) is 4.77. The Balaban J connectivity index is 1.59. The second kappa shape index (κ2) is 7.40. The number of furan rings is 1. The average Bonchev–Trinajstić information content (AvgIpc) is 3.28. The first kappa shape index (κ1) is 18.7. The van der Waals surface area contributed by atoms with Crippen LogP contribution in [0.3, 0.4) is 0 Å². The maximum Gasteiger partial charge on any atom is 0.282 e. The largest absolute Gasteiger partial charge is 0.545 e. The van der Waals surface area contributed by atoms with Gasteiger partial charge >= 0.3 is 0 Å². The van der Waals surface area contributed by atoms with Crippen molar-refractivity contribution in [3.8, 4) is 11.3 Å². The van der Waals surface area contributed by atoms with Crippen molar-refractivity contribution in [3.63, 3.8) is 0 Å². The second-order valence-electron chi connectivity index (χ2n) is 6.19. The molecule has 0 radical (unpaired) electrons. The molecule has 0 saturated carbocycles. The molecule has 0 spiro atoms. The van der Waals surface area contributed by atoms with Crippen molar-refractivity contribution in [1.82, 2.24) is 5.43 Å². The van der Waals surface area contributed by atoms with Crippen LogP contribution in [-0.2, 0) is 9.59 Å². The maximum absolute atomic E-state index is 12.7. The van der Waals surface area contributed by atoms with Crippen molar-refractivity contribution in [3.05, 3.63) is 82.0 Å². The molecule has 1 aliphatic heterocycles. The maximum atomic E-state index is 12.7. The fourth-order valence-corrected chi connectivity index (χ4v) is 3.24. The zero-order valence-corrected chi connectivity index (χ0v) is 16.3. The van der Waals surface area contributed by atoms with E-state index in [2.05, 4.69) is 21.4 Å². The van der Waals surface area contributed by atoms with E-state index in [4.69, 9.17) is 4.42 Å². The predicted molar refractivity (Wildman–Crippen MR) is 106 cm³/mol. The van der Waals surface area contributed by atoms with Gasteiger partial charge in [-0.05, 0) is 42.0 Å². The topological polar surface area (TPSA) is 103 Å². The summed E-state index contributed by atoms with van der Waals surface area (Å²) < 4.78 is 6.46. The van der Waals surface area contributed by atoms with Gasteiger partial charge in [-0.15, -0.1) is 0 Å². The van der Waals surface area contributed by atoms with Crippen LogP contribution in [0.4, 0.5) is 5.69 Å². The van der Waals surface area contributed by atoms with E-state index in [9.17, 15) is 19.5 Å². The van der Waals surface area contributed by atoms with Crippen LogP contribution in [0.5, 0.6) is 0 Å². The summed E-state index contributed by atoms with van der Waals surface area (Å²) in [6.45, 7) is 0. The minimum Gasteiger partial charge on any atom is -0.545 e. The first-order valence-corrected chi connectivity index (χ1v) is 9.26. The molecule has 0 bridgehead atoms. The molecule has 1 aliphatic rings. The van der Waals surface area contributed by atoms with Crippen LogP contribution in [-0.4, -0.2) is 17.8 Å². The Labute approximate surface area is 173 Å². The summed E-state index contributed by atoms with van der Waals surface area (Å²) >= 11 is 3.33.